The monoisotopic (exact) mass is 179 g/mol. The zero-order chi connectivity index (χ0) is 9.84. The maximum Gasteiger partial charge on any atom is 0.127 e. The predicted octanol–water partition coefficient (Wildman–Crippen LogP) is 2.32. The van der Waals surface area contributed by atoms with Crippen LogP contribution < -0.4 is 0 Å². The van der Waals surface area contributed by atoms with Gasteiger partial charge in [0.1, 0.15) is 5.75 Å². The average molecular weight is 179 g/mol. The highest BCUT2D eigenvalue weighted by Gasteiger charge is 2.07. The molecule has 0 radical (unpaired) electrons. The van der Waals surface area contributed by atoms with Crippen LogP contribution in [0.1, 0.15) is 30.9 Å². The summed E-state index contributed by atoms with van der Waals surface area (Å²) >= 11 is 0. The number of oxime groups is 1. The van der Waals surface area contributed by atoms with Gasteiger partial charge in [-0.2, -0.15) is 0 Å². The Morgan fingerprint density at radius 3 is 2.62 bits per heavy atom. The first kappa shape index (κ1) is 9.58. The molecule has 0 atom stereocenters. The minimum absolute atomic E-state index is 0.190. The number of rotatable bonds is 2. The summed E-state index contributed by atoms with van der Waals surface area (Å²) in [7, 11) is 0. The fraction of sp³-hybridized carbons (Fsp3) is 0.300. The fourth-order valence-electron chi connectivity index (χ4n) is 1.21. The van der Waals surface area contributed by atoms with Crippen LogP contribution in [-0.2, 0) is 0 Å². The van der Waals surface area contributed by atoms with Crippen LogP contribution in [0.5, 0.6) is 5.75 Å². The summed E-state index contributed by atoms with van der Waals surface area (Å²) in [6.07, 6.45) is 1.22. The molecule has 70 valence electrons. The Bertz CT molecular complexity index is 319. The van der Waals surface area contributed by atoms with E-state index in [9.17, 15) is 5.11 Å². The van der Waals surface area contributed by atoms with Gasteiger partial charge in [-0.25, -0.2) is 0 Å². The molecule has 0 aliphatic heterocycles. The molecule has 0 aliphatic carbocycles. The van der Waals surface area contributed by atoms with E-state index in [-0.39, 0.29) is 11.7 Å². The highest BCUT2D eigenvalue weighted by Crippen LogP contribution is 2.27. The quantitative estimate of drug-likeness (QED) is 0.416. The largest absolute Gasteiger partial charge is 0.507 e. The Balaban J connectivity index is 3.18. The van der Waals surface area contributed by atoms with E-state index in [1.807, 2.05) is 26.0 Å². The van der Waals surface area contributed by atoms with E-state index < -0.39 is 0 Å². The normalized spacial score (nSPS) is 11.3. The molecule has 0 amide bonds. The standard InChI is InChI=1S/C10H13NO2/c1-7(2)9-5-3-4-8(6-11-13)10(9)12/h3-7,12-13H,1-2H3/b11-6+. The number of nitrogens with zero attached hydrogens (tertiary/aromatic N) is 1. The lowest BCUT2D eigenvalue weighted by Gasteiger charge is -2.09. The van der Waals surface area contributed by atoms with Crippen LogP contribution in [0.15, 0.2) is 23.4 Å². The summed E-state index contributed by atoms with van der Waals surface area (Å²) in [5.74, 6) is 0.447. The average Bonchev–Trinajstić information content (AvgIpc) is 2.08. The topological polar surface area (TPSA) is 52.8 Å². The number of hydrogen-bond acceptors (Lipinski definition) is 3. The lowest BCUT2D eigenvalue weighted by atomic mass is 9.99. The molecule has 2 N–H and O–H groups in total. The Hall–Kier alpha value is -1.51. The second-order valence-corrected chi connectivity index (χ2v) is 3.18. The van der Waals surface area contributed by atoms with Crippen LogP contribution in [0.25, 0.3) is 0 Å². The number of aromatic hydroxyl groups is 1. The van der Waals surface area contributed by atoms with E-state index in [0.717, 1.165) is 5.56 Å². The second-order valence-electron chi connectivity index (χ2n) is 3.18. The Morgan fingerprint density at radius 1 is 1.38 bits per heavy atom. The van der Waals surface area contributed by atoms with Gasteiger partial charge in [0.05, 0.1) is 6.21 Å². The summed E-state index contributed by atoms with van der Waals surface area (Å²) in [6.45, 7) is 3.99. The molecular weight excluding hydrogens is 166 g/mol. The van der Waals surface area contributed by atoms with Gasteiger partial charge in [-0.15, -0.1) is 0 Å². The van der Waals surface area contributed by atoms with Crippen molar-refractivity contribution in [3.8, 4) is 5.75 Å². The Kier molecular flexibility index (Phi) is 2.90. The van der Waals surface area contributed by atoms with E-state index in [4.69, 9.17) is 5.21 Å². The minimum Gasteiger partial charge on any atom is -0.507 e. The smallest absolute Gasteiger partial charge is 0.127 e. The maximum atomic E-state index is 9.69. The lowest BCUT2D eigenvalue weighted by molar-refractivity contribution is 0.321. The van der Waals surface area contributed by atoms with Crippen molar-refractivity contribution in [1.82, 2.24) is 0 Å². The molecule has 1 aromatic carbocycles. The number of phenolic OH excluding ortho intramolecular Hbond substituents is 1. The molecule has 0 saturated carbocycles. The highest BCUT2D eigenvalue weighted by atomic mass is 16.4. The molecule has 3 nitrogen and oxygen atoms in total. The first-order valence-electron chi connectivity index (χ1n) is 4.16. The number of para-hydroxylation sites is 1. The summed E-state index contributed by atoms with van der Waals surface area (Å²) in [5.41, 5.74) is 1.39. The highest BCUT2D eigenvalue weighted by molar-refractivity contribution is 5.83. The van der Waals surface area contributed by atoms with Crippen molar-refractivity contribution in [2.24, 2.45) is 5.16 Å². The fourth-order valence-corrected chi connectivity index (χ4v) is 1.21. The van der Waals surface area contributed by atoms with E-state index >= 15 is 0 Å². The third-order valence-corrected chi connectivity index (χ3v) is 1.92. The van der Waals surface area contributed by atoms with Crippen molar-refractivity contribution in [1.29, 1.82) is 0 Å². The van der Waals surface area contributed by atoms with Crippen LogP contribution in [0.4, 0.5) is 0 Å². The van der Waals surface area contributed by atoms with Gasteiger partial charge in [-0.3, -0.25) is 0 Å². The number of hydrogen-bond donors (Lipinski definition) is 2. The van der Waals surface area contributed by atoms with Crippen LogP contribution in [0, 0.1) is 0 Å². The minimum atomic E-state index is 0.190. The molecule has 0 heterocycles. The summed E-state index contributed by atoms with van der Waals surface area (Å²) in [4.78, 5) is 0. The van der Waals surface area contributed by atoms with Crippen molar-refractivity contribution >= 4 is 6.21 Å². The van der Waals surface area contributed by atoms with Crippen LogP contribution in [-0.4, -0.2) is 16.5 Å². The molecular formula is C10H13NO2. The van der Waals surface area contributed by atoms with Gasteiger partial charge in [-0.1, -0.05) is 31.1 Å². The molecule has 1 rings (SSSR count). The van der Waals surface area contributed by atoms with Crippen LogP contribution in [0.3, 0.4) is 0 Å². The first-order chi connectivity index (χ1) is 6.16. The molecule has 0 unspecified atom stereocenters. The van der Waals surface area contributed by atoms with E-state index in [1.54, 1.807) is 6.07 Å². The van der Waals surface area contributed by atoms with Gasteiger partial charge in [0.2, 0.25) is 0 Å². The third-order valence-electron chi connectivity index (χ3n) is 1.92. The number of phenols is 1. The van der Waals surface area contributed by atoms with Gasteiger partial charge in [0.25, 0.3) is 0 Å². The van der Waals surface area contributed by atoms with Crippen molar-refractivity contribution in [2.45, 2.75) is 19.8 Å². The van der Waals surface area contributed by atoms with Crippen molar-refractivity contribution in [2.75, 3.05) is 0 Å². The predicted molar refractivity (Wildman–Crippen MR) is 51.6 cm³/mol. The maximum absolute atomic E-state index is 9.69. The van der Waals surface area contributed by atoms with E-state index in [1.165, 1.54) is 6.21 Å². The van der Waals surface area contributed by atoms with Crippen molar-refractivity contribution < 1.29 is 10.3 Å². The SMILES string of the molecule is CC(C)c1cccc(/C=N/O)c1O. The zero-order valence-electron chi connectivity index (χ0n) is 7.73. The third kappa shape index (κ3) is 1.99. The van der Waals surface area contributed by atoms with Gasteiger partial charge >= 0.3 is 0 Å². The summed E-state index contributed by atoms with van der Waals surface area (Å²) in [6, 6.07) is 5.38. The molecule has 0 aromatic heterocycles. The molecule has 0 bridgehead atoms. The van der Waals surface area contributed by atoms with Crippen molar-refractivity contribution in [3.63, 3.8) is 0 Å². The lowest BCUT2D eigenvalue weighted by Crippen LogP contribution is -1.91. The van der Waals surface area contributed by atoms with Gasteiger partial charge < -0.3 is 10.3 Å². The van der Waals surface area contributed by atoms with Crippen molar-refractivity contribution in [3.05, 3.63) is 29.3 Å². The molecule has 3 heteroatoms. The molecule has 0 spiro atoms. The molecule has 0 saturated heterocycles. The second kappa shape index (κ2) is 3.94. The molecule has 13 heavy (non-hydrogen) atoms. The van der Waals surface area contributed by atoms with Gasteiger partial charge in [0, 0.05) is 5.56 Å². The number of benzene rings is 1. The van der Waals surface area contributed by atoms with E-state index in [0.29, 0.717) is 5.56 Å². The van der Waals surface area contributed by atoms with Gasteiger partial charge in [0.15, 0.2) is 0 Å². The molecule has 0 aliphatic rings. The van der Waals surface area contributed by atoms with E-state index in [2.05, 4.69) is 5.16 Å². The Labute approximate surface area is 77.3 Å². The summed E-state index contributed by atoms with van der Waals surface area (Å²) in [5, 5.41) is 20.9. The van der Waals surface area contributed by atoms with Gasteiger partial charge in [-0.05, 0) is 17.5 Å². The first-order valence-corrected chi connectivity index (χ1v) is 4.16. The molecule has 1 aromatic rings. The van der Waals surface area contributed by atoms with Crippen LogP contribution in [0.2, 0.25) is 0 Å². The van der Waals surface area contributed by atoms with Crippen LogP contribution >= 0.6 is 0 Å². The molecule has 0 fully saturated rings. The zero-order valence-corrected chi connectivity index (χ0v) is 7.73. The Morgan fingerprint density at radius 2 is 2.08 bits per heavy atom. The summed E-state index contributed by atoms with van der Waals surface area (Å²) < 4.78 is 0.